The Kier molecular flexibility index (Phi) is 4.85. The monoisotopic (exact) mass is 479 g/mol. The van der Waals surface area contributed by atoms with Crippen LogP contribution < -0.4 is 5.32 Å². The van der Waals surface area contributed by atoms with E-state index in [1.54, 1.807) is 6.07 Å². The highest BCUT2D eigenvalue weighted by atomic mass is 32.2. The lowest BCUT2D eigenvalue weighted by Gasteiger charge is -2.14. The first kappa shape index (κ1) is 21.6. The summed E-state index contributed by atoms with van der Waals surface area (Å²) in [6, 6.07) is 3.58. The molecule has 0 spiro atoms. The van der Waals surface area contributed by atoms with Crippen molar-refractivity contribution in [3.8, 4) is 11.4 Å². The van der Waals surface area contributed by atoms with Gasteiger partial charge in [-0.05, 0) is 43.9 Å². The Morgan fingerprint density at radius 2 is 2.00 bits per heavy atom. The number of hydrogen-bond donors (Lipinski definition) is 1. The summed E-state index contributed by atoms with van der Waals surface area (Å²) in [5.74, 6) is 0.791. The number of fused-ring (bicyclic) bond motifs is 2. The number of nitrogens with one attached hydrogen (secondary N) is 1. The van der Waals surface area contributed by atoms with Crippen LogP contribution in [0.4, 0.5) is 19.0 Å². The Hall–Kier alpha value is -3.22. The Bertz CT molecular complexity index is 1470. The van der Waals surface area contributed by atoms with Gasteiger partial charge in [0.2, 0.25) is 0 Å². The minimum absolute atomic E-state index is 0.0526. The number of rotatable bonds is 6. The molecule has 0 bridgehead atoms. The number of alkyl halides is 3. The summed E-state index contributed by atoms with van der Waals surface area (Å²) in [6.07, 6.45) is 0.338. The molecule has 33 heavy (non-hydrogen) atoms. The van der Waals surface area contributed by atoms with E-state index in [-0.39, 0.29) is 39.5 Å². The van der Waals surface area contributed by atoms with Crippen molar-refractivity contribution in [2.24, 2.45) is 5.92 Å². The molecule has 0 radical (unpaired) electrons. The molecule has 1 aliphatic rings. The minimum Gasteiger partial charge on any atom is -0.367 e. The molecule has 0 amide bonds. The summed E-state index contributed by atoms with van der Waals surface area (Å²) >= 11 is 0. The molecule has 1 aliphatic carbocycles. The average molecular weight is 479 g/mol. The first-order chi connectivity index (χ1) is 15.6. The molecule has 4 aromatic rings. The van der Waals surface area contributed by atoms with Crippen molar-refractivity contribution in [1.29, 1.82) is 0 Å². The molecule has 1 saturated carbocycles. The van der Waals surface area contributed by atoms with Crippen molar-refractivity contribution >= 4 is 26.9 Å². The predicted octanol–water partition coefficient (Wildman–Crippen LogP) is 3.46. The highest BCUT2D eigenvalue weighted by Gasteiger charge is 2.33. The smallest absolute Gasteiger partial charge is 0.367 e. The summed E-state index contributed by atoms with van der Waals surface area (Å²) < 4.78 is 67.7. The van der Waals surface area contributed by atoms with Gasteiger partial charge in [-0.1, -0.05) is 6.92 Å². The SMILES string of the molecule is CCS(=O)(=O)c1nn2c(NC(C)C3CC3)ccnc2c1-c1nc2cc(C(F)(F)F)ccn2n1. The van der Waals surface area contributed by atoms with Gasteiger partial charge in [0, 0.05) is 18.4 Å². The number of halogens is 3. The summed E-state index contributed by atoms with van der Waals surface area (Å²) in [5, 5.41) is 11.6. The number of sulfone groups is 1. The van der Waals surface area contributed by atoms with Gasteiger partial charge >= 0.3 is 6.18 Å². The van der Waals surface area contributed by atoms with Gasteiger partial charge in [0.1, 0.15) is 11.4 Å². The van der Waals surface area contributed by atoms with Crippen LogP contribution in [-0.2, 0) is 16.0 Å². The van der Waals surface area contributed by atoms with Gasteiger partial charge in [-0.25, -0.2) is 22.9 Å². The largest absolute Gasteiger partial charge is 0.416 e. The molecule has 0 aromatic carbocycles. The van der Waals surface area contributed by atoms with Crippen molar-refractivity contribution in [1.82, 2.24) is 29.2 Å². The molecular weight excluding hydrogens is 459 g/mol. The van der Waals surface area contributed by atoms with Crippen LogP contribution in [-0.4, -0.2) is 49.4 Å². The van der Waals surface area contributed by atoms with Crippen LogP contribution in [0.5, 0.6) is 0 Å². The first-order valence-electron chi connectivity index (χ1n) is 10.4. The van der Waals surface area contributed by atoms with E-state index in [4.69, 9.17) is 0 Å². The molecule has 1 unspecified atom stereocenters. The van der Waals surface area contributed by atoms with Crippen LogP contribution in [0.25, 0.3) is 22.7 Å². The van der Waals surface area contributed by atoms with E-state index in [1.807, 2.05) is 6.92 Å². The van der Waals surface area contributed by atoms with Crippen LogP contribution in [0, 0.1) is 5.92 Å². The molecule has 13 heteroatoms. The molecular formula is C20H20F3N7O2S. The summed E-state index contributed by atoms with van der Waals surface area (Å²) in [7, 11) is -3.83. The molecule has 5 rings (SSSR count). The molecule has 174 valence electrons. The molecule has 1 fully saturated rings. The lowest BCUT2D eigenvalue weighted by atomic mass is 10.2. The number of nitrogens with zero attached hydrogens (tertiary/aromatic N) is 6. The van der Waals surface area contributed by atoms with Gasteiger partial charge in [0.15, 0.2) is 32.0 Å². The molecule has 9 nitrogen and oxygen atoms in total. The van der Waals surface area contributed by atoms with Gasteiger partial charge in [-0.15, -0.1) is 5.10 Å². The number of pyridine rings is 1. The number of aromatic nitrogens is 6. The van der Waals surface area contributed by atoms with E-state index >= 15 is 0 Å². The van der Waals surface area contributed by atoms with Crippen LogP contribution in [0.1, 0.15) is 32.3 Å². The normalized spacial score (nSPS) is 15.9. The van der Waals surface area contributed by atoms with E-state index < -0.39 is 21.6 Å². The second kappa shape index (κ2) is 7.40. The Labute approximate surface area is 186 Å². The predicted molar refractivity (Wildman–Crippen MR) is 114 cm³/mol. The highest BCUT2D eigenvalue weighted by Crippen LogP contribution is 2.35. The molecule has 0 aliphatic heterocycles. The van der Waals surface area contributed by atoms with Crippen LogP contribution >= 0.6 is 0 Å². The Balaban J connectivity index is 1.71. The summed E-state index contributed by atoms with van der Waals surface area (Å²) in [6.45, 7) is 3.53. The maximum Gasteiger partial charge on any atom is 0.416 e. The third kappa shape index (κ3) is 3.79. The molecule has 0 saturated heterocycles. The van der Waals surface area contributed by atoms with Crippen molar-refractivity contribution in [3.63, 3.8) is 0 Å². The van der Waals surface area contributed by atoms with Crippen LogP contribution in [0.2, 0.25) is 0 Å². The highest BCUT2D eigenvalue weighted by molar-refractivity contribution is 7.91. The van der Waals surface area contributed by atoms with Gasteiger partial charge < -0.3 is 5.32 Å². The van der Waals surface area contributed by atoms with E-state index in [2.05, 4.69) is 25.5 Å². The van der Waals surface area contributed by atoms with Gasteiger partial charge in [0.25, 0.3) is 0 Å². The second-order valence-electron chi connectivity index (χ2n) is 8.07. The molecule has 1 N–H and O–H groups in total. The van der Waals surface area contributed by atoms with Gasteiger partial charge in [-0.3, -0.25) is 0 Å². The zero-order valence-electron chi connectivity index (χ0n) is 17.7. The van der Waals surface area contributed by atoms with Crippen molar-refractivity contribution < 1.29 is 21.6 Å². The fourth-order valence-electron chi connectivity index (χ4n) is 3.70. The number of hydrogen-bond acceptors (Lipinski definition) is 7. The van der Waals surface area contributed by atoms with E-state index in [0.29, 0.717) is 11.7 Å². The zero-order valence-corrected chi connectivity index (χ0v) is 18.5. The average Bonchev–Trinajstić information content (AvgIpc) is 3.40. The van der Waals surface area contributed by atoms with Crippen molar-refractivity contribution in [2.45, 2.75) is 43.9 Å². The fourth-order valence-corrected chi connectivity index (χ4v) is 4.67. The maximum atomic E-state index is 13.1. The second-order valence-corrected chi connectivity index (χ2v) is 10.3. The minimum atomic E-state index is -4.55. The molecule has 1 atom stereocenters. The standard InChI is InChI=1S/C20H20F3N7O2S/c1-3-33(31,32)19-16(17-26-15-10-13(20(21,22)23)7-9-29(15)27-17)18-24-8-6-14(30(18)28-19)25-11(2)12-4-5-12/h6-12,25H,3-5H2,1-2H3. The van der Waals surface area contributed by atoms with Gasteiger partial charge in [0.05, 0.1) is 11.3 Å². The summed E-state index contributed by atoms with van der Waals surface area (Å²) in [4.78, 5) is 8.50. The lowest BCUT2D eigenvalue weighted by Crippen LogP contribution is -2.19. The van der Waals surface area contributed by atoms with Crippen molar-refractivity contribution in [3.05, 3.63) is 36.2 Å². The van der Waals surface area contributed by atoms with Crippen LogP contribution in [0.3, 0.4) is 0 Å². The fraction of sp³-hybridized carbons (Fsp3) is 0.400. The van der Waals surface area contributed by atoms with E-state index in [1.165, 1.54) is 17.6 Å². The summed E-state index contributed by atoms with van der Waals surface area (Å²) in [5.41, 5.74) is -0.705. The lowest BCUT2D eigenvalue weighted by molar-refractivity contribution is -0.137. The quantitative estimate of drug-likeness (QED) is 0.451. The number of anilines is 1. The van der Waals surface area contributed by atoms with Gasteiger partial charge in [-0.2, -0.15) is 22.8 Å². The van der Waals surface area contributed by atoms with E-state index in [0.717, 1.165) is 35.7 Å². The Morgan fingerprint density at radius 3 is 2.67 bits per heavy atom. The van der Waals surface area contributed by atoms with Crippen molar-refractivity contribution in [2.75, 3.05) is 11.1 Å². The molecule has 4 heterocycles. The zero-order chi connectivity index (χ0) is 23.5. The third-order valence-corrected chi connectivity index (χ3v) is 7.39. The third-order valence-electron chi connectivity index (χ3n) is 5.75. The maximum absolute atomic E-state index is 13.1. The van der Waals surface area contributed by atoms with Crippen LogP contribution in [0.15, 0.2) is 35.6 Å². The first-order valence-corrected chi connectivity index (χ1v) is 12.0. The Morgan fingerprint density at radius 1 is 1.24 bits per heavy atom. The topological polar surface area (TPSA) is 107 Å². The molecule has 4 aromatic heterocycles. The van der Waals surface area contributed by atoms with E-state index in [9.17, 15) is 21.6 Å².